The molecule has 2 aromatic heterocycles. The molecular weight excluding hydrogens is 564 g/mol. The number of nitrogens with one attached hydrogen (secondary N) is 2. The van der Waals surface area contributed by atoms with Crippen LogP contribution < -0.4 is 34.3 Å². The summed E-state index contributed by atoms with van der Waals surface area (Å²) in [5, 5.41) is 6.92. The van der Waals surface area contributed by atoms with Crippen LogP contribution in [0.1, 0.15) is 6.92 Å². The Morgan fingerprint density at radius 1 is 0.683 bits per heavy atom. The van der Waals surface area contributed by atoms with Gasteiger partial charge in [0.25, 0.3) is 0 Å². The molecule has 5 rings (SSSR count). The van der Waals surface area contributed by atoms with Crippen molar-refractivity contribution in [3.8, 4) is 28.7 Å². The van der Waals surface area contributed by atoms with Gasteiger partial charge in [-0.25, -0.2) is 4.98 Å². The number of methoxy groups -OCH3 is 4. The Labute approximate surface area is 245 Å². The van der Waals surface area contributed by atoms with Crippen molar-refractivity contribution in [3.63, 3.8) is 0 Å². The Balaban J connectivity index is 1.50. The molecule has 0 atom stereocenters. The number of nitrogens with zero attached hydrogens (tertiary/aromatic N) is 4. The van der Waals surface area contributed by atoms with Crippen LogP contribution >= 0.6 is 23.1 Å². The van der Waals surface area contributed by atoms with Crippen LogP contribution in [-0.2, 0) is 0 Å². The van der Waals surface area contributed by atoms with Crippen LogP contribution in [-0.4, -0.2) is 55.0 Å². The zero-order valence-electron chi connectivity index (χ0n) is 23.0. The van der Waals surface area contributed by atoms with E-state index in [2.05, 4.69) is 25.6 Å². The van der Waals surface area contributed by atoms with Crippen molar-refractivity contribution in [2.45, 2.75) is 16.4 Å². The van der Waals surface area contributed by atoms with Crippen molar-refractivity contribution in [2.24, 2.45) is 0 Å². The van der Waals surface area contributed by atoms with Crippen LogP contribution in [0.3, 0.4) is 0 Å². The molecule has 41 heavy (non-hydrogen) atoms. The molecule has 3 aromatic carbocycles. The number of anilines is 4. The molecule has 0 aliphatic rings. The molecule has 0 radical (unpaired) electrons. The third-order valence-electron chi connectivity index (χ3n) is 5.76. The first-order valence-electron chi connectivity index (χ1n) is 12.5. The van der Waals surface area contributed by atoms with Gasteiger partial charge in [-0.15, -0.1) is 11.3 Å². The highest BCUT2D eigenvalue weighted by atomic mass is 32.2. The average Bonchev–Trinajstić information content (AvgIpc) is 3.39. The van der Waals surface area contributed by atoms with Gasteiger partial charge in [-0.05, 0) is 61.2 Å². The van der Waals surface area contributed by atoms with Crippen LogP contribution in [0.2, 0.25) is 0 Å². The Morgan fingerprint density at radius 3 is 1.80 bits per heavy atom. The van der Waals surface area contributed by atoms with E-state index in [1.165, 1.54) is 23.1 Å². The van der Waals surface area contributed by atoms with Crippen LogP contribution in [0.5, 0.6) is 28.7 Å². The number of rotatable bonds is 12. The third kappa shape index (κ3) is 6.64. The van der Waals surface area contributed by atoms with Gasteiger partial charge in [0.05, 0.1) is 56.6 Å². The van der Waals surface area contributed by atoms with Gasteiger partial charge in [-0.3, -0.25) is 0 Å². The van der Waals surface area contributed by atoms with Crippen molar-refractivity contribution >= 4 is 56.6 Å². The normalized spacial score (nSPS) is 10.8. The predicted octanol–water partition coefficient (Wildman–Crippen LogP) is 6.55. The number of aromatic nitrogens is 4. The fraction of sp³-hybridized carbons (Fsp3) is 0.214. The second-order valence-electron chi connectivity index (χ2n) is 8.29. The summed E-state index contributed by atoms with van der Waals surface area (Å²) in [5.41, 5.74) is 2.19. The van der Waals surface area contributed by atoms with Gasteiger partial charge in [0.15, 0.2) is 4.34 Å². The van der Waals surface area contributed by atoms with Gasteiger partial charge >= 0.3 is 0 Å². The van der Waals surface area contributed by atoms with Gasteiger partial charge in [-0.2, -0.15) is 15.0 Å². The van der Waals surface area contributed by atoms with Crippen LogP contribution in [0.4, 0.5) is 23.3 Å². The lowest BCUT2D eigenvalue weighted by Gasteiger charge is -2.14. The van der Waals surface area contributed by atoms with E-state index in [9.17, 15) is 0 Å². The molecular formula is C28H28N6O5S2. The lowest BCUT2D eigenvalue weighted by atomic mass is 10.2. The topological polar surface area (TPSA) is 122 Å². The number of ether oxygens (including phenoxy) is 5. The second kappa shape index (κ2) is 12.8. The average molecular weight is 593 g/mol. The lowest BCUT2D eigenvalue weighted by molar-refractivity contribution is 0.341. The fourth-order valence-electron chi connectivity index (χ4n) is 3.82. The number of benzene rings is 3. The highest BCUT2D eigenvalue weighted by molar-refractivity contribution is 8.01. The first-order chi connectivity index (χ1) is 20.0. The maximum absolute atomic E-state index is 5.64. The minimum Gasteiger partial charge on any atom is -0.497 e. The zero-order valence-corrected chi connectivity index (χ0v) is 24.7. The summed E-state index contributed by atoms with van der Waals surface area (Å²) < 4.78 is 29.2. The monoisotopic (exact) mass is 592 g/mol. The van der Waals surface area contributed by atoms with Crippen molar-refractivity contribution in [1.29, 1.82) is 0 Å². The van der Waals surface area contributed by atoms with Crippen molar-refractivity contribution in [1.82, 2.24) is 19.9 Å². The van der Waals surface area contributed by atoms with Gasteiger partial charge in [0, 0.05) is 12.1 Å². The third-order valence-corrected chi connectivity index (χ3v) is 7.70. The Bertz CT molecular complexity index is 1590. The largest absolute Gasteiger partial charge is 0.497 e. The van der Waals surface area contributed by atoms with E-state index in [0.717, 1.165) is 20.3 Å². The van der Waals surface area contributed by atoms with Crippen LogP contribution in [0.25, 0.3) is 10.2 Å². The molecule has 212 valence electrons. The van der Waals surface area contributed by atoms with E-state index in [-0.39, 0.29) is 0 Å². The maximum Gasteiger partial charge on any atom is 0.233 e. The molecule has 2 N–H and O–H groups in total. The fourth-order valence-corrected chi connectivity index (χ4v) is 5.77. The second-order valence-corrected chi connectivity index (χ2v) is 10.5. The van der Waals surface area contributed by atoms with Crippen LogP contribution in [0.15, 0.2) is 64.1 Å². The molecule has 0 unspecified atom stereocenters. The smallest absolute Gasteiger partial charge is 0.233 e. The van der Waals surface area contributed by atoms with E-state index in [4.69, 9.17) is 28.7 Å². The first-order valence-corrected chi connectivity index (χ1v) is 14.1. The molecule has 0 bridgehead atoms. The highest BCUT2D eigenvalue weighted by Crippen LogP contribution is 2.37. The quantitative estimate of drug-likeness (QED) is 0.163. The number of hydrogen-bond acceptors (Lipinski definition) is 13. The van der Waals surface area contributed by atoms with E-state index in [0.29, 0.717) is 58.0 Å². The van der Waals surface area contributed by atoms with E-state index >= 15 is 0 Å². The van der Waals surface area contributed by atoms with Crippen molar-refractivity contribution in [3.05, 3.63) is 54.6 Å². The number of hydrogen-bond donors (Lipinski definition) is 2. The van der Waals surface area contributed by atoms with E-state index in [1.54, 1.807) is 40.6 Å². The van der Waals surface area contributed by atoms with E-state index < -0.39 is 0 Å². The molecule has 2 heterocycles. The summed E-state index contributed by atoms with van der Waals surface area (Å²) in [5.74, 6) is 3.89. The summed E-state index contributed by atoms with van der Waals surface area (Å²) in [6.07, 6.45) is 0. The summed E-state index contributed by atoms with van der Waals surface area (Å²) in [6.45, 7) is 2.56. The standard InChI is InChI=1S/C28H28N6O5S2/c1-6-39-18-9-12-21-24(15-18)40-28(31-21)41-27-33-25(29-19-10-7-16(35-2)13-22(19)37-4)32-26(34-27)30-20-11-8-17(36-3)14-23(20)38-5/h7-15H,6H2,1-5H3,(H2,29,30,32,33,34). The molecule has 0 fully saturated rings. The molecule has 0 amide bonds. The zero-order chi connectivity index (χ0) is 28.8. The summed E-state index contributed by atoms with van der Waals surface area (Å²) in [7, 11) is 6.37. The van der Waals surface area contributed by atoms with Crippen molar-refractivity contribution in [2.75, 3.05) is 45.7 Å². The summed E-state index contributed by atoms with van der Waals surface area (Å²) in [6, 6.07) is 16.7. The maximum atomic E-state index is 5.64. The predicted molar refractivity (Wildman–Crippen MR) is 160 cm³/mol. The molecule has 0 aliphatic heterocycles. The van der Waals surface area contributed by atoms with Gasteiger partial charge in [-0.1, -0.05) is 0 Å². The summed E-state index contributed by atoms with van der Waals surface area (Å²) in [4.78, 5) is 18.7. The molecule has 11 nitrogen and oxygen atoms in total. The molecule has 0 saturated heterocycles. The van der Waals surface area contributed by atoms with Crippen LogP contribution in [0, 0.1) is 0 Å². The van der Waals surface area contributed by atoms with E-state index in [1.807, 2.05) is 49.4 Å². The first kappa shape index (κ1) is 28.1. The summed E-state index contributed by atoms with van der Waals surface area (Å²) >= 11 is 2.87. The highest BCUT2D eigenvalue weighted by Gasteiger charge is 2.16. The Kier molecular flexibility index (Phi) is 8.75. The number of thiazole rings is 1. The molecule has 0 aliphatic carbocycles. The van der Waals surface area contributed by atoms with Gasteiger partial charge < -0.3 is 34.3 Å². The Hall–Kier alpha value is -4.49. The minimum absolute atomic E-state index is 0.306. The molecule has 13 heteroatoms. The number of fused-ring (bicyclic) bond motifs is 1. The molecule has 5 aromatic rings. The molecule has 0 spiro atoms. The Morgan fingerprint density at radius 2 is 1.27 bits per heavy atom. The molecule has 0 saturated carbocycles. The van der Waals surface area contributed by atoms with Crippen molar-refractivity contribution < 1.29 is 23.7 Å². The SMILES string of the molecule is CCOc1ccc2nc(Sc3nc(Nc4ccc(OC)cc4OC)nc(Nc4ccc(OC)cc4OC)n3)sc2c1. The minimum atomic E-state index is 0.306. The lowest BCUT2D eigenvalue weighted by Crippen LogP contribution is -2.06. The van der Waals surface area contributed by atoms with Gasteiger partial charge in [0.2, 0.25) is 17.1 Å². The van der Waals surface area contributed by atoms with Gasteiger partial charge in [0.1, 0.15) is 28.7 Å².